The van der Waals surface area contributed by atoms with Crippen LogP contribution in [0.25, 0.3) is 0 Å². The standard InChI is InChI=1S/C14H18N4O5/c1-2-23-14(19)13(17-6-8-22-9-7-17)16-15-11-4-3-5-12(10-11)18(20)21/h3-5,10,15H,2,6-9H2,1H3/b16-13+. The summed E-state index contributed by atoms with van der Waals surface area (Å²) in [5.41, 5.74) is 3.03. The van der Waals surface area contributed by atoms with Crippen LogP contribution in [0.1, 0.15) is 6.92 Å². The van der Waals surface area contributed by atoms with Crippen LogP contribution in [0.4, 0.5) is 11.4 Å². The molecule has 0 bridgehead atoms. The highest BCUT2D eigenvalue weighted by Crippen LogP contribution is 2.17. The molecule has 1 heterocycles. The Bertz CT molecular complexity index is 599. The average Bonchev–Trinajstić information content (AvgIpc) is 2.56. The van der Waals surface area contributed by atoms with Crippen molar-refractivity contribution >= 4 is 23.2 Å². The fourth-order valence-electron chi connectivity index (χ4n) is 2.02. The first-order chi connectivity index (χ1) is 11.1. The molecule has 1 aromatic carbocycles. The molecule has 1 saturated heterocycles. The fourth-order valence-corrected chi connectivity index (χ4v) is 2.02. The van der Waals surface area contributed by atoms with Crippen molar-refractivity contribution in [3.8, 4) is 0 Å². The first-order valence-electron chi connectivity index (χ1n) is 7.19. The fraction of sp³-hybridized carbons (Fsp3) is 0.429. The number of rotatable bonds is 4. The molecule has 0 saturated carbocycles. The van der Waals surface area contributed by atoms with Crippen LogP contribution < -0.4 is 5.43 Å². The Kier molecular flexibility index (Phi) is 5.87. The Labute approximate surface area is 133 Å². The van der Waals surface area contributed by atoms with E-state index in [4.69, 9.17) is 9.47 Å². The number of morpholine rings is 1. The van der Waals surface area contributed by atoms with Gasteiger partial charge in [0, 0.05) is 25.2 Å². The minimum absolute atomic E-state index is 0.0609. The number of nitrogens with zero attached hydrogens (tertiary/aromatic N) is 3. The molecule has 23 heavy (non-hydrogen) atoms. The lowest BCUT2D eigenvalue weighted by Crippen LogP contribution is -2.45. The molecule has 0 unspecified atom stereocenters. The molecule has 0 radical (unpaired) electrons. The van der Waals surface area contributed by atoms with Crippen LogP contribution in [0.15, 0.2) is 29.4 Å². The van der Waals surface area contributed by atoms with E-state index in [0.717, 1.165) is 0 Å². The van der Waals surface area contributed by atoms with Gasteiger partial charge in [-0.15, -0.1) is 5.10 Å². The predicted octanol–water partition coefficient (Wildman–Crippen LogP) is 1.22. The Balaban J connectivity index is 2.17. The summed E-state index contributed by atoms with van der Waals surface area (Å²) in [6.45, 7) is 3.98. The van der Waals surface area contributed by atoms with Crippen molar-refractivity contribution in [2.45, 2.75) is 6.92 Å². The second-order valence-corrected chi connectivity index (χ2v) is 4.67. The van der Waals surface area contributed by atoms with E-state index in [2.05, 4.69) is 10.5 Å². The normalized spacial score (nSPS) is 15.2. The minimum atomic E-state index is -0.549. The number of anilines is 1. The number of esters is 1. The van der Waals surface area contributed by atoms with Gasteiger partial charge in [-0.1, -0.05) is 6.07 Å². The lowest BCUT2D eigenvalue weighted by molar-refractivity contribution is -0.384. The second-order valence-electron chi connectivity index (χ2n) is 4.67. The smallest absolute Gasteiger partial charge is 0.375 e. The predicted molar refractivity (Wildman–Crippen MR) is 83.2 cm³/mol. The molecule has 1 N–H and O–H groups in total. The van der Waals surface area contributed by atoms with Gasteiger partial charge in [0.25, 0.3) is 5.69 Å². The molecular formula is C14H18N4O5. The minimum Gasteiger partial charge on any atom is -0.460 e. The second kappa shape index (κ2) is 8.08. The summed E-state index contributed by atoms with van der Waals surface area (Å²) in [7, 11) is 0. The first kappa shape index (κ1) is 16.7. The number of nitrogens with one attached hydrogen (secondary N) is 1. The van der Waals surface area contributed by atoms with E-state index >= 15 is 0 Å². The van der Waals surface area contributed by atoms with E-state index in [9.17, 15) is 14.9 Å². The number of carbonyl (C=O) groups is 1. The van der Waals surface area contributed by atoms with Crippen molar-refractivity contribution in [3.05, 3.63) is 34.4 Å². The molecule has 9 heteroatoms. The summed E-state index contributed by atoms with van der Waals surface area (Å²) in [5.74, 6) is -0.422. The Morgan fingerprint density at radius 3 is 2.87 bits per heavy atom. The maximum absolute atomic E-state index is 12.1. The highest BCUT2D eigenvalue weighted by Gasteiger charge is 2.23. The molecular weight excluding hydrogens is 304 g/mol. The number of carbonyl (C=O) groups excluding carboxylic acids is 1. The third-order valence-electron chi connectivity index (χ3n) is 3.12. The zero-order valence-electron chi connectivity index (χ0n) is 12.7. The van der Waals surface area contributed by atoms with E-state index in [-0.39, 0.29) is 18.1 Å². The zero-order valence-corrected chi connectivity index (χ0v) is 12.7. The number of non-ortho nitro benzene ring substituents is 1. The molecule has 1 fully saturated rings. The van der Waals surface area contributed by atoms with Crippen molar-refractivity contribution in [2.24, 2.45) is 5.10 Å². The van der Waals surface area contributed by atoms with Crippen molar-refractivity contribution in [3.63, 3.8) is 0 Å². The Hall–Kier alpha value is -2.68. The van der Waals surface area contributed by atoms with Crippen LogP contribution in [-0.4, -0.2) is 54.5 Å². The van der Waals surface area contributed by atoms with Crippen molar-refractivity contribution in [2.75, 3.05) is 38.3 Å². The lowest BCUT2D eigenvalue weighted by Gasteiger charge is -2.28. The van der Waals surface area contributed by atoms with Gasteiger partial charge in [0.2, 0.25) is 5.84 Å². The number of nitro groups is 1. The van der Waals surface area contributed by atoms with Crippen LogP contribution in [-0.2, 0) is 14.3 Å². The van der Waals surface area contributed by atoms with E-state index in [1.165, 1.54) is 18.2 Å². The first-order valence-corrected chi connectivity index (χ1v) is 7.19. The molecule has 1 aromatic rings. The van der Waals surface area contributed by atoms with E-state index in [0.29, 0.717) is 32.0 Å². The van der Waals surface area contributed by atoms with Crippen LogP contribution in [0.5, 0.6) is 0 Å². The van der Waals surface area contributed by atoms with Crippen molar-refractivity contribution in [1.29, 1.82) is 0 Å². The highest BCUT2D eigenvalue weighted by atomic mass is 16.6. The Morgan fingerprint density at radius 2 is 2.22 bits per heavy atom. The summed E-state index contributed by atoms with van der Waals surface area (Å²) in [6.07, 6.45) is 0. The zero-order chi connectivity index (χ0) is 16.7. The molecule has 124 valence electrons. The summed E-state index contributed by atoms with van der Waals surface area (Å²) in [5, 5.41) is 14.9. The summed E-state index contributed by atoms with van der Waals surface area (Å²) in [6, 6.07) is 5.88. The largest absolute Gasteiger partial charge is 0.460 e. The van der Waals surface area contributed by atoms with E-state index < -0.39 is 10.9 Å². The highest BCUT2D eigenvalue weighted by molar-refractivity contribution is 6.35. The number of hydrazone groups is 1. The number of hydrogen-bond donors (Lipinski definition) is 1. The monoisotopic (exact) mass is 322 g/mol. The van der Waals surface area contributed by atoms with Gasteiger partial charge >= 0.3 is 5.97 Å². The molecule has 0 aromatic heterocycles. The molecule has 0 spiro atoms. The Morgan fingerprint density at radius 1 is 1.48 bits per heavy atom. The topological polar surface area (TPSA) is 106 Å². The molecule has 9 nitrogen and oxygen atoms in total. The molecule has 0 atom stereocenters. The van der Waals surface area contributed by atoms with Crippen LogP contribution in [0, 0.1) is 10.1 Å². The maximum atomic E-state index is 12.1. The van der Waals surface area contributed by atoms with Crippen LogP contribution in [0.2, 0.25) is 0 Å². The number of benzene rings is 1. The quantitative estimate of drug-likeness (QED) is 0.292. The summed E-state index contributed by atoms with van der Waals surface area (Å²) in [4.78, 5) is 24.1. The van der Waals surface area contributed by atoms with Crippen LogP contribution >= 0.6 is 0 Å². The van der Waals surface area contributed by atoms with E-state index in [1.54, 1.807) is 17.9 Å². The molecule has 1 aliphatic rings. The van der Waals surface area contributed by atoms with Crippen LogP contribution in [0.3, 0.4) is 0 Å². The molecule has 0 amide bonds. The van der Waals surface area contributed by atoms with Gasteiger partial charge in [-0.2, -0.15) is 0 Å². The molecule has 1 aliphatic heterocycles. The van der Waals surface area contributed by atoms with E-state index in [1.807, 2.05) is 0 Å². The number of nitro benzene ring substituents is 1. The van der Waals surface area contributed by atoms with Gasteiger partial charge in [-0.3, -0.25) is 15.5 Å². The number of ether oxygens (including phenoxy) is 2. The summed E-state index contributed by atoms with van der Waals surface area (Å²) < 4.78 is 10.3. The third-order valence-corrected chi connectivity index (χ3v) is 3.12. The van der Waals surface area contributed by atoms with Gasteiger partial charge in [0.1, 0.15) is 0 Å². The van der Waals surface area contributed by atoms with Gasteiger partial charge < -0.3 is 14.4 Å². The van der Waals surface area contributed by atoms with Crippen molar-refractivity contribution < 1.29 is 19.2 Å². The molecule has 0 aliphatic carbocycles. The summed E-state index contributed by atoms with van der Waals surface area (Å²) >= 11 is 0. The average molecular weight is 322 g/mol. The molecule has 2 rings (SSSR count). The van der Waals surface area contributed by atoms with Crippen molar-refractivity contribution in [1.82, 2.24) is 4.90 Å². The van der Waals surface area contributed by atoms with Gasteiger partial charge in [-0.25, -0.2) is 4.79 Å². The maximum Gasteiger partial charge on any atom is 0.375 e. The number of amidine groups is 1. The SMILES string of the molecule is CCOC(=O)/C(=N\Nc1cccc([N+](=O)[O-])c1)N1CCOCC1. The van der Waals surface area contributed by atoms with Gasteiger partial charge in [0.15, 0.2) is 0 Å². The van der Waals surface area contributed by atoms with Gasteiger partial charge in [0.05, 0.1) is 30.4 Å². The lowest BCUT2D eigenvalue weighted by atomic mass is 10.3. The van der Waals surface area contributed by atoms with Gasteiger partial charge in [-0.05, 0) is 13.0 Å². The number of hydrogen-bond acceptors (Lipinski definition) is 7. The third kappa shape index (κ3) is 4.65.